The largest absolute Gasteiger partial charge is 0.481 e. The number of hydrogen-bond donors (Lipinski definition) is 2. The average molecular weight is 254 g/mol. The Morgan fingerprint density at radius 1 is 1.50 bits per heavy atom. The quantitative estimate of drug-likeness (QED) is 0.711. The van der Waals surface area contributed by atoms with Crippen molar-refractivity contribution < 1.29 is 14.7 Å². The van der Waals surface area contributed by atoms with Gasteiger partial charge in [-0.2, -0.15) is 0 Å². The van der Waals surface area contributed by atoms with E-state index in [2.05, 4.69) is 11.9 Å². The molecule has 2 unspecified atom stereocenters. The van der Waals surface area contributed by atoms with Crippen molar-refractivity contribution in [2.75, 3.05) is 13.1 Å². The smallest absolute Gasteiger partial charge is 0.317 e. The van der Waals surface area contributed by atoms with Crippen molar-refractivity contribution in [3.05, 3.63) is 12.7 Å². The van der Waals surface area contributed by atoms with Crippen LogP contribution in [0.1, 0.15) is 32.6 Å². The van der Waals surface area contributed by atoms with E-state index in [0.717, 1.165) is 12.8 Å². The highest BCUT2D eigenvalue weighted by Crippen LogP contribution is 2.25. The number of carbonyl (C=O) groups is 2. The third-order valence-corrected chi connectivity index (χ3v) is 3.24. The highest BCUT2D eigenvalue weighted by atomic mass is 16.4. The monoisotopic (exact) mass is 254 g/mol. The van der Waals surface area contributed by atoms with Crippen molar-refractivity contribution in [3.63, 3.8) is 0 Å². The molecule has 5 heteroatoms. The normalized spacial score (nSPS) is 22.5. The van der Waals surface area contributed by atoms with Crippen molar-refractivity contribution >= 4 is 12.0 Å². The van der Waals surface area contributed by atoms with Gasteiger partial charge in [-0.25, -0.2) is 4.79 Å². The van der Waals surface area contributed by atoms with Crippen molar-refractivity contribution in [2.24, 2.45) is 5.92 Å². The lowest BCUT2D eigenvalue weighted by atomic mass is 10.1. The molecule has 1 aliphatic carbocycles. The summed E-state index contributed by atoms with van der Waals surface area (Å²) in [6.07, 6.45) is 4.52. The third-order valence-electron chi connectivity index (χ3n) is 3.24. The SMILES string of the molecule is C=CCN(CCC)C(=O)NC1CCC(C(=O)O)C1. The first-order chi connectivity index (χ1) is 8.58. The predicted molar refractivity (Wildman–Crippen MR) is 69.4 cm³/mol. The van der Waals surface area contributed by atoms with Crippen LogP contribution in [0.3, 0.4) is 0 Å². The maximum absolute atomic E-state index is 12.0. The molecule has 0 aromatic rings. The number of rotatable bonds is 6. The average Bonchev–Trinajstić information content (AvgIpc) is 2.77. The summed E-state index contributed by atoms with van der Waals surface area (Å²) >= 11 is 0. The maximum Gasteiger partial charge on any atom is 0.317 e. The van der Waals surface area contributed by atoms with Crippen LogP contribution in [0, 0.1) is 5.92 Å². The van der Waals surface area contributed by atoms with Gasteiger partial charge in [-0.3, -0.25) is 4.79 Å². The van der Waals surface area contributed by atoms with Crippen LogP contribution in [0.5, 0.6) is 0 Å². The Hall–Kier alpha value is -1.52. The molecule has 0 aliphatic heterocycles. The molecular formula is C13H22N2O3. The summed E-state index contributed by atoms with van der Waals surface area (Å²) in [5.41, 5.74) is 0. The van der Waals surface area contributed by atoms with Crippen LogP contribution in [-0.2, 0) is 4.79 Å². The van der Waals surface area contributed by atoms with Crippen LogP contribution >= 0.6 is 0 Å². The number of aliphatic carboxylic acids is 1. The minimum atomic E-state index is -0.761. The zero-order valence-corrected chi connectivity index (χ0v) is 10.9. The number of carboxylic acids is 1. The second-order valence-electron chi connectivity index (χ2n) is 4.73. The topological polar surface area (TPSA) is 69.6 Å². The van der Waals surface area contributed by atoms with E-state index in [9.17, 15) is 9.59 Å². The van der Waals surface area contributed by atoms with Crippen LogP contribution in [0.15, 0.2) is 12.7 Å². The van der Waals surface area contributed by atoms with E-state index < -0.39 is 5.97 Å². The van der Waals surface area contributed by atoms with Gasteiger partial charge in [-0.15, -0.1) is 6.58 Å². The molecule has 2 amide bonds. The van der Waals surface area contributed by atoms with E-state index in [1.165, 1.54) is 0 Å². The van der Waals surface area contributed by atoms with Gasteiger partial charge in [-0.1, -0.05) is 13.0 Å². The number of hydrogen-bond acceptors (Lipinski definition) is 2. The molecule has 0 bridgehead atoms. The molecule has 5 nitrogen and oxygen atoms in total. The first-order valence-electron chi connectivity index (χ1n) is 6.47. The molecule has 102 valence electrons. The Kier molecular flexibility index (Phi) is 5.68. The van der Waals surface area contributed by atoms with Crippen LogP contribution in [-0.4, -0.2) is 41.1 Å². The fourth-order valence-corrected chi connectivity index (χ4v) is 2.30. The lowest BCUT2D eigenvalue weighted by molar-refractivity contribution is -0.141. The minimum absolute atomic E-state index is 0.0113. The second kappa shape index (κ2) is 7.03. The Bertz CT molecular complexity index is 317. The van der Waals surface area contributed by atoms with E-state index in [-0.39, 0.29) is 18.0 Å². The third kappa shape index (κ3) is 4.05. The first-order valence-corrected chi connectivity index (χ1v) is 6.47. The van der Waals surface area contributed by atoms with Gasteiger partial charge in [0.15, 0.2) is 0 Å². The first kappa shape index (κ1) is 14.5. The lowest BCUT2D eigenvalue weighted by Crippen LogP contribution is -2.44. The highest BCUT2D eigenvalue weighted by molar-refractivity contribution is 5.75. The Morgan fingerprint density at radius 2 is 2.22 bits per heavy atom. The minimum Gasteiger partial charge on any atom is -0.481 e. The Morgan fingerprint density at radius 3 is 2.72 bits per heavy atom. The molecule has 1 rings (SSSR count). The standard InChI is InChI=1S/C13H22N2O3/c1-3-7-15(8-4-2)13(18)14-11-6-5-10(9-11)12(16)17/h3,10-11H,1,4-9H2,2H3,(H,14,18)(H,16,17). The fourth-order valence-electron chi connectivity index (χ4n) is 2.30. The molecule has 0 aromatic carbocycles. The summed E-state index contributed by atoms with van der Waals surface area (Å²) in [6, 6.07) is -0.129. The van der Waals surface area contributed by atoms with Crippen LogP contribution < -0.4 is 5.32 Å². The predicted octanol–water partition coefficient (Wildman–Crippen LogP) is 1.85. The number of carbonyl (C=O) groups excluding carboxylic acids is 1. The zero-order chi connectivity index (χ0) is 13.5. The maximum atomic E-state index is 12.0. The number of carboxylic acid groups (broad SMARTS) is 1. The van der Waals surface area contributed by atoms with E-state index in [1.54, 1.807) is 11.0 Å². The lowest BCUT2D eigenvalue weighted by Gasteiger charge is -2.23. The summed E-state index contributed by atoms with van der Waals surface area (Å²) in [6.45, 7) is 6.86. The number of urea groups is 1. The summed E-state index contributed by atoms with van der Waals surface area (Å²) in [5.74, 6) is -1.07. The summed E-state index contributed by atoms with van der Waals surface area (Å²) in [7, 11) is 0. The summed E-state index contributed by atoms with van der Waals surface area (Å²) in [4.78, 5) is 24.5. The molecular weight excluding hydrogens is 232 g/mol. The van der Waals surface area contributed by atoms with Gasteiger partial charge in [0.05, 0.1) is 5.92 Å². The van der Waals surface area contributed by atoms with E-state index in [4.69, 9.17) is 5.11 Å². The molecule has 1 saturated carbocycles. The van der Waals surface area contributed by atoms with Gasteiger partial charge in [0.25, 0.3) is 0 Å². The van der Waals surface area contributed by atoms with Gasteiger partial charge < -0.3 is 15.3 Å². The van der Waals surface area contributed by atoms with E-state index in [1.807, 2.05) is 6.92 Å². The molecule has 2 atom stereocenters. The van der Waals surface area contributed by atoms with Crippen LogP contribution in [0.2, 0.25) is 0 Å². The molecule has 18 heavy (non-hydrogen) atoms. The number of nitrogens with one attached hydrogen (secondary N) is 1. The van der Waals surface area contributed by atoms with Gasteiger partial charge in [0.2, 0.25) is 0 Å². The second-order valence-corrected chi connectivity index (χ2v) is 4.73. The summed E-state index contributed by atoms with van der Waals surface area (Å²) in [5, 5.41) is 11.8. The molecule has 0 saturated heterocycles. The Balaban J connectivity index is 2.43. The molecule has 0 heterocycles. The van der Waals surface area contributed by atoms with Crippen LogP contribution in [0.25, 0.3) is 0 Å². The van der Waals surface area contributed by atoms with Gasteiger partial charge in [0.1, 0.15) is 0 Å². The fraction of sp³-hybridized carbons (Fsp3) is 0.692. The molecule has 0 spiro atoms. The molecule has 1 fully saturated rings. The number of nitrogens with zero attached hydrogens (tertiary/aromatic N) is 1. The van der Waals surface area contributed by atoms with Gasteiger partial charge in [-0.05, 0) is 25.7 Å². The van der Waals surface area contributed by atoms with Crippen LogP contribution in [0.4, 0.5) is 4.79 Å². The van der Waals surface area contributed by atoms with Gasteiger partial charge in [0, 0.05) is 19.1 Å². The van der Waals surface area contributed by atoms with Crippen molar-refractivity contribution in [2.45, 2.75) is 38.6 Å². The van der Waals surface area contributed by atoms with Crippen molar-refractivity contribution in [1.29, 1.82) is 0 Å². The van der Waals surface area contributed by atoms with Crippen molar-refractivity contribution in [3.8, 4) is 0 Å². The van der Waals surface area contributed by atoms with Gasteiger partial charge >= 0.3 is 12.0 Å². The van der Waals surface area contributed by atoms with E-state index in [0.29, 0.717) is 25.9 Å². The van der Waals surface area contributed by atoms with E-state index >= 15 is 0 Å². The zero-order valence-electron chi connectivity index (χ0n) is 10.9. The molecule has 0 radical (unpaired) electrons. The van der Waals surface area contributed by atoms with Crippen molar-refractivity contribution in [1.82, 2.24) is 10.2 Å². The summed E-state index contributed by atoms with van der Waals surface area (Å²) < 4.78 is 0. The molecule has 1 aliphatic rings. The number of amides is 2. The molecule has 0 aromatic heterocycles. The Labute approximate surface area is 108 Å². The molecule has 2 N–H and O–H groups in total. The highest BCUT2D eigenvalue weighted by Gasteiger charge is 2.31.